The van der Waals surface area contributed by atoms with Crippen molar-refractivity contribution in [2.45, 2.75) is 0 Å². The van der Waals surface area contributed by atoms with E-state index >= 15 is 0 Å². The van der Waals surface area contributed by atoms with Crippen LogP contribution in [0.25, 0.3) is 112 Å². The van der Waals surface area contributed by atoms with E-state index in [-0.39, 0.29) is 0 Å². The summed E-state index contributed by atoms with van der Waals surface area (Å²) in [5, 5.41) is 4.05. The molecule has 4 heterocycles. The average Bonchev–Trinajstić information content (AvgIpc) is 3.94. The van der Waals surface area contributed by atoms with Gasteiger partial charge in [0.25, 0.3) is 0 Å². The van der Waals surface area contributed by atoms with Gasteiger partial charge in [-0.15, -0.1) is 0 Å². The van der Waals surface area contributed by atoms with Crippen LogP contribution in [-0.2, 0) is 0 Å². The van der Waals surface area contributed by atoms with Gasteiger partial charge in [0.05, 0.1) is 0 Å². The Morgan fingerprint density at radius 1 is 0.340 bits per heavy atom. The third kappa shape index (κ3) is 4.82. The number of aromatic nitrogens is 4. The Morgan fingerprint density at radius 2 is 1.02 bits per heavy atom. The van der Waals surface area contributed by atoms with Crippen molar-refractivity contribution in [3.05, 3.63) is 158 Å². The molecule has 248 valence electrons. The van der Waals surface area contributed by atoms with Crippen molar-refractivity contribution < 1.29 is 13.3 Å². The molecule has 7 nitrogen and oxygen atoms in total. The highest BCUT2D eigenvalue weighted by molar-refractivity contribution is 6.12. The van der Waals surface area contributed by atoms with Crippen LogP contribution in [-0.4, -0.2) is 19.9 Å². The fraction of sp³-hybridized carbons (Fsp3) is 0. The smallest absolute Gasteiger partial charge is 0.227 e. The Labute approximate surface area is 301 Å². The minimum absolute atomic E-state index is 0.544. The van der Waals surface area contributed by atoms with Gasteiger partial charge in [0, 0.05) is 49.4 Å². The zero-order chi connectivity index (χ0) is 34.9. The van der Waals surface area contributed by atoms with Crippen LogP contribution in [0.3, 0.4) is 0 Å². The molecule has 0 aliphatic rings. The second-order valence-corrected chi connectivity index (χ2v) is 13.0. The number of oxazole rings is 1. The van der Waals surface area contributed by atoms with E-state index in [1.54, 1.807) is 0 Å². The molecule has 0 aliphatic heterocycles. The Balaban J connectivity index is 1.07. The highest BCUT2D eigenvalue weighted by Gasteiger charge is 2.20. The first-order chi connectivity index (χ1) is 26.2. The van der Waals surface area contributed by atoms with Crippen LogP contribution in [0.4, 0.5) is 0 Å². The Morgan fingerprint density at radius 3 is 1.92 bits per heavy atom. The fourth-order valence-electron chi connectivity index (χ4n) is 7.28. The summed E-state index contributed by atoms with van der Waals surface area (Å²) in [5.41, 5.74) is 10.2. The molecule has 4 aromatic heterocycles. The minimum atomic E-state index is 0.544. The third-order valence-electron chi connectivity index (χ3n) is 9.78. The number of hydrogen-bond acceptors (Lipinski definition) is 7. The largest absolute Gasteiger partial charge is 0.456 e. The van der Waals surface area contributed by atoms with Crippen LogP contribution in [0, 0.1) is 0 Å². The van der Waals surface area contributed by atoms with Gasteiger partial charge in [-0.25, -0.2) is 19.9 Å². The maximum atomic E-state index is 6.45. The minimum Gasteiger partial charge on any atom is -0.456 e. The maximum absolute atomic E-state index is 6.45. The van der Waals surface area contributed by atoms with E-state index in [4.69, 9.17) is 33.2 Å². The lowest BCUT2D eigenvalue weighted by molar-refractivity contribution is 0.619. The van der Waals surface area contributed by atoms with Crippen LogP contribution in [0.15, 0.2) is 171 Å². The molecule has 7 heteroatoms. The van der Waals surface area contributed by atoms with Crippen LogP contribution in [0.2, 0.25) is 0 Å². The van der Waals surface area contributed by atoms with Crippen molar-refractivity contribution in [3.63, 3.8) is 0 Å². The summed E-state index contributed by atoms with van der Waals surface area (Å²) in [5.74, 6) is 2.24. The van der Waals surface area contributed by atoms with Gasteiger partial charge >= 0.3 is 0 Å². The normalized spacial score (nSPS) is 11.8. The molecule has 11 aromatic rings. The van der Waals surface area contributed by atoms with Crippen molar-refractivity contribution >= 4 is 55.0 Å². The van der Waals surface area contributed by atoms with Gasteiger partial charge in [-0.2, -0.15) is 0 Å². The van der Waals surface area contributed by atoms with E-state index < -0.39 is 0 Å². The first-order valence-electron chi connectivity index (χ1n) is 17.4. The number of rotatable bonds is 5. The second kappa shape index (κ2) is 11.6. The average molecular weight is 683 g/mol. The lowest BCUT2D eigenvalue weighted by Gasteiger charge is -2.10. The van der Waals surface area contributed by atoms with Crippen molar-refractivity contribution in [1.29, 1.82) is 0 Å². The molecule has 0 unspecified atom stereocenters. The monoisotopic (exact) mass is 682 g/mol. The summed E-state index contributed by atoms with van der Waals surface area (Å²) in [6, 6.07) is 52.5. The third-order valence-corrected chi connectivity index (χ3v) is 9.78. The molecular formula is C46H26N4O3. The molecule has 0 bridgehead atoms. The van der Waals surface area contributed by atoms with Crippen molar-refractivity contribution in [2.24, 2.45) is 0 Å². The van der Waals surface area contributed by atoms with Gasteiger partial charge < -0.3 is 13.3 Å². The standard InChI is InChI=1S/C46H26N4O3/c1-2-11-27(12-3-1)43-48-44(29-14-8-13-28(25-29)31-16-9-17-33-32-15-4-6-20-37(32)52-42(31)33)50-45(49-43)35-18-10-22-39-41(35)34-24-23-30(26-40(34)51-39)46-47-36-19-5-7-21-38(36)53-46/h1-26H. The Hall–Kier alpha value is -7.38. The van der Waals surface area contributed by atoms with Gasteiger partial charge in [-0.1, -0.05) is 109 Å². The number of fused-ring (bicyclic) bond motifs is 7. The van der Waals surface area contributed by atoms with E-state index in [0.29, 0.717) is 23.4 Å². The molecule has 0 spiro atoms. The highest BCUT2D eigenvalue weighted by atomic mass is 16.4. The molecule has 0 aliphatic carbocycles. The zero-order valence-corrected chi connectivity index (χ0v) is 28.0. The molecule has 0 radical (unpaired) electrons. The second-order valence-electron chi connectivity index (χ2n) is 13.0. The molecule has 0 amide bonds. The molecule has 0 fully saturated rings. The summed E-state index contributed by atoms with van der Waals surface area (Å²) in [4.78, 5) is 19.9. The molecule has 53 heavy (non-hydrogen) atoms. The number of furan rings is 2. The summed E-state index contributed by atoms with van der Waals surface area (Å²) in [7, 11) is 0. The summed E-state index contributed by atoms with van der Waals surface area (Å²) >= 11 is 0. The molecule has 0 saturated heterocycles. The Kier molecular flexibility index (Phi) is 6.42. The van der Waals surface area contributed by atoms with Crippen molar-refractivity contribution in [1.82, 2.24) is 19.9 Å². The highest BCUT2D eigenvalue weighted by Crippen LogP contribution is 2.40. The van der Waals surface area contributed by atoms with Gasteiger partial charge in [0.1, 0.15) is 27.8 Å². The number of nitrogens with zero attached hydrogens (tertiary/aromatic N) is 4. The number of benzene rings is 7. The molecule has 0 N–H and O–H groups in total. The van der Waals surface area contributed by atoms with E-state index in [1.165, 1.54) is 0 Å². The van der Waals surface area contributed by atoms with Crippen molar-refractivity contribution in [2.75, 3.05) is 0 Å². The van der Waals surface area contributed by atoms with E-state index in [2.05, 4.69) is 42.5 Å². The van der Waals surface area contributed by atoms with E-state index in [9.17, 15) is 0 Å². The predicted molar refractivity (Wildman–Crippen MR) is 209 cm³/mol. The van der Waals surface area contributed by atoms with Crippen molar-refractivity contribution in [3.8, 4) is 56.7 Å². The maximum Gasteiger partial charge on any atom is 0.227 e. The van der Waals surface area contributed by atoms with Crippen LogP contribution < -0.4 is 0 Å². The molecule has 11 rings (SSSR count). The Bertz CT molecular complexity index is 3160. The van der Waals surface area contributed by atoms with Crippen LogP contribution >= 0.6 is 0 Å². The zero-order valence-electron chi connectivity index (χ0n) is 28.0. The molecule has 7 aromatic carbocycles. The lowest BCUT2D eigenvalue weighted by Crippen LogP contribution is -2.00. The molecule has 0 atom stereocenters. The first-order valence-corrected chi connectivity index (χ1v) is 17.4. The van der Waals surface area contributed by atoms with E-state index in [1.807, 2.05) is 115 Å². The van der Waals surface area contributed by atoms with E-state index in [0.717, 1.165) is 88.4 Å². The summed E-state index contributed by atoms with van der Waals surface area (Å²) < 4.78 is 18.9. The number of para-hydroxylation sites is 4. The van der Waals surface area contributed by atoms with Gasteiger partial charge in [0.2, 0.25) is 5.89 Å². The SMILES string of the molecule is c1ccc(-c2nc(-c3cccc(-c4cccc5c4oc4ccccc45)c3)nc(-c3cccc4oc5cc(-c6nc7ccccc7o6)ccc5c34)n2)cc1. The van der Waals surface area contributed by atoms with Crippen LogP contribution in [0.5, 0.6) is 0 Å². The quantitative estimate of drug-likeness (QED) is 0.178. The molecule has 0 saturated carbocycles. The molecular weight excluding hydrogens is 657 g/mol. The van der Waals surface area contributed by atoms with Crippen LogP contribution in [0.1, 0.15) is 0 Å². The van der Waals surface area contributed by atoms with Gasteiger partial charge in [0.15, 0.2) is 23.1 Å². The van der Waals surface area contributed by atoms with Gasteiger partial charge in [-0.3, -0.25) is 0 Å². The summed E-state index contributed by atoms with van der Waals surface area (Å²) in [6.45, 7) is 0. The number of hydrogen-bond donors (Lipinski definition) is 0. The summed E-state index contributed by atoms with van der Waals surface area (Å²) in [6.07, 6.45) is 0. The predicted octanol–water partition coefficient (Wildman–Crippen LogP) is 12.1. The van der Waals surface area contributed by atoms with Gasteiger partial charge in [-0.05, 0) is 54.1 Å². The fourth-order valence-corrected chi connectivity index (χ4v) is 7.28. The topological polar surface area (TPSA) is 91.0 Å². The lowest BCUT2D eigenvalue weighted by atomic mass is 10.00. The first kappa shape index (κ1) is 29.4.